The lowest BCUT2D eigenvalue weighted by atomic mass is 9.64. The highest BCUT2D eigenvalue weighted by atomic mass is 16.5. The third kappa shape index (κ3) is 4.25. The van der Waals surface area contributed by atoms with E-state index < -0.39 is 12.0 Å². The predicted molar refractivity (Wildman–Crippen MR) is 133 cm³/mol. The van der Waals surface area contributed by atoms with Gasteiger partial charge in [0, 0.05) is 37.6 Å². The number of hydrogen-bond donors (Lipinski definition) is 3. The van der Waals surface area contributed by atoms with Crippen molar-refractivity contribution in [3.63, 3.8) is 0 Å². The van der Waals surface area contributed by atoms with Gasteiger partial charge in [-0.1, -0.05) is 35.8 Å². The largest absolute Gasteiger partial charge is 0.480 e. The van der Waals surface area contributed by atoms with Gasteiger partial charge in [-0.3, -0.25) is 4.79 Å². The Kier molecular flexibility index (Phi) is 5.72. The fourth-order valence-corrected chi connectivity index (χ4v) is 4.88. The van der Waals surface area contributed by atoms with Crippen LogP contribution in [0.5, 0.6) is 0 Å². The summed E-state index contributed by atoms with van der Waals surface area (Å²) in [6.45, 7) is 1.53. The minimum Gasteiger partial charge on any atom is -0.480 e. The van der Waals surface area contributed by atoms with Gasteiger partial charge in [-0.15, -0.1) is 0 Å². The Morgan fingerprint density at radius 1 is 1.05 bits per heavy atom. The molecular formula is C25H25N9O3. The normalized spacial score (nSPS) is 18.8. The number of aliphatic carboxylic acids is 1. The van der Waals surface area contributed by atoms with Crippen molar-refractivity contribution in [1.29, 1.82) is 0 Å². The number of carboxylic acids is 1. The van der Waals surface area contributed by atoms with Crippen molar-refractivity contribution in [1.82, 2.24) is 35.4 Å². The molecule has 4 N–H and O–H groups in total. The van der Waals surface area contributed by atoms with Crippen LogP contribution in [0.3, 0.4) is 0 Å². The quantitative estimate of drug-likeness (QED) is 0.353. The molecule has 1 saturated heterocycles. The van der Waals surface area contributed by atoms with Gasteiger partial charge < -0.3 is 25.6 Å². The molecule has 12 heteroatoms. The summed E-state index contributed by atoms with van der Waals surface area (Å²) in [7, 11) is 0. The Morgan fingerprint density at radius 3 is 2.49 bits per heavy atom. The first-order valence-electron chi connectivity index (χ1n) is 12.1. The molecule has 37 heavy (non-hydrogen) atoms. The summed E-state index contributed by atoms with van der Waals surface area (Å²) in [5.41, 5.74) is 8.79. The smallest absolute Gasteiger partial charge is 0.322 e. The van der Waals surface area contributed by atoms with Crippen LogP contribution in [0.2, 0.25) is 0 Å². The summed E-state index contributed by atoms with van der Waals surface area (Å²) >= 11 is 0. The Hall–Kier alpha value is -4.45. The van der Waals surface area contributed by atoms with Gasteiger partial charge in [0.25, 0.3) is 5.89 Å². The zero-order valence-corrected chi connectivity index (χ0v) is 19.9. The second kappa shape index (κ2) is 9.21. The first-order valence-corrected chi connectivity index (χ1v) is 12.1. The first kappa shape index (κ1) is 23.0. The first-order chi connectivity index (χ1) is 18.0. The molecule has 2 aliphatic rings. The monoisotopic (exact) mass is 499 g/mol. The number of anilines is 2. The van der Waals surface area contributed by atoms with E-state index in [4.69, 9.17) is 15.2 Å². The Balaban J connectivity index is 1.21. The summed E-state index contributed by atoms with van der Waals surface area (Å²) < 4.78 is 5.60. The van der Waals surface area contributed by atoms with E-state index in [9.17, 15) is 9.90 Å². The van der Waals surface area contributed by atoms with E-state index in [1.807, 2.05) is 17.0 Å². The SMILES string of the molecule is Nc1ncc(-c2ccc(C3(c4noc(-c5cnc(N6CCN[C@H](C(=O)O)C6)cn5)n4)CCC3)cc2)cn1. The van der Waals surface area contributed by atoms with Crippen LogP contribution in [-0.4, -0.2) is 66.8 Å². The Labute approximate surface area is 212 Å². The molecule has 6 rings (SSSR count). The maximum atomic E-state index is 11.3. The number of hydrogen-bond acceptors (Lipinski definition) is 11. The highest BCUT2D eigenvalue weighted by molar-refractivity contribution is 5.74. The number of nitrogen functional groups attached to an aromatic ring is 1. The number of carboxylic acid groups (broad SMARTS) is 1. The average molecular weight is 500 g/mol. The zero-order chi connectivity index (χ0) is 25.4. The fourth-order valence-electron chi connectivity index (χ4n) is 4.88. The van der Waals surface area contributed by atoms with E-state index in [2.05, 4.69) is 42.5 Å². The zero-order valence-electron chi connectivity index (χ0n) is 19.9. The molecule has 3 aromatic heterocycles. The molecule has 1 aromatic carbocycles. The number of aromatic nitrogens is 6. The van der Waals surface area contributed by atoms with Gasteiger partial charge >= 0.3 is 5.97 Å². The number of nitrogens with zero attached hydrogens (tertiary/aromatic N) is 7. The number of piperazine rings is 1. The maximum absolute atomic E-state index is 11.3. The van der Waals surface area contributed by atoms with Crippen LogP contribution in [0.15, 0.2) is 53.6 Å². The molecule has 0 radical (unpaired) electrons. The van der Waals surface area contributed by atoms with Gasteiger partial charge in [-0.2, -0.15) is 4.98 Å². The van der Waals surface area contributed by atoms with Gasteiger partial charge in [0.05, 0.1) is 17.8 Å². The van der Waals surface area contributed by atoms with E-state index in [0.29, 0.717) is 42.9 Å². The van der Waals surface area contributed by atoms with Crippen LogP contribution < -0.4 is 16.0 Å². The van der Waals surface area contributed by atoms with Gasteiger partial charge in [0.2, 0.25) is 5.95 Å². The maximum Gasteiger partial charge on any atom is 0.322 e. The lowest BCUT2D eigenvalue weighted by Crippen LogP contribution is -2.54. The fraction of sp³-hybridized carbons (Fsp3) is 0.320. The van der Waals surface area contributed by atoms with E-state index in [0.717, 1.165) is 36.0 Å². The third-order valence-electron chi connectivity index (χ3n) is 7.16. The van der Waals surface area contributed by atoms with E-state index in [1.54, 1.807) is 24.8 Å². The van der Waals surface area contributed by atoms with Crippen LogP contribution >= 0.6 is 0 Å². The van der Waals surface area contributed by atoms with Crippen LogP contribution in [0.25, 0.3) is 22.7 Å². The summed E-state index contributed by atoms with van der Waals surface area (Å²) in [6, 6.07) is 7.63. The van der Waals surface area contributed by atoms with Crippen LogP contribution in [0, 0.1) is 0 Å². The predicted octanol–water partition coefficient (Wildman–Crippen LogP) is 1.90. The van der Waals surface area contributed by atoms with Gasteiger partial charge in [-0.25, -0.2) is 19.9 Å². The molecule has 188 valence electrons. The number of benzene rings is 1. The van der Waals surface area contributed by atoms with Gasteiger partial charge in [0.1, 0.15) is 17.6 Å². The number of nitrogens with two attached hydrogens (primary N) is 1. The molecule has 0 unspecified atom stereocenters. The van der Waals surface area contributed by atoms with Gasteiger partial charge in [0.15, 0.2) is 5.82 Å². The standard InChI is InChI=1S/C25H25N9O3/c26-24-30-10-16(11-31-24)15-2-4-17(5-3-15)25(6-1-7-25)23-32-21(37-33-23)18-12-29-20(13-28-18)34-9-8-27-19(14-34)22(35)36/h2-5,10-13,19,27H,1,6-9,14H2,(H,35,36)(H2,26,30,31)/t19-/m0/s1. The summed E-state index contributed by atoms with van der Waals surface area (Å²) in [4.78, 5) is 35.0. The van der Waals surface area contributed by atoms with Crippen LogP contribution in [0.4, 0.5) is 11.8 Å². The highest BCUT2D eigenvalue weighted by Gasteiger charge is 2.44. The van der Waals surface area contributed by atoms with E-state index >= 15 is 0 Å². The Bertz CT molecular complexity index is 1400. The molecule has 0 amide bonds. The van der Waals surface area contributed by atoms with E-state index in [1.165, 1.54) is 0 Å². The minimum absolute atomic E-state index is 0.247. The van der Waals surface area contributed by atoms with Crippen LogP contribution in [-0.2, 0) is 10.2 Å². The van der Waals surface area contributed by atoms with Crippen molar-refractivity contribution < 1.29 is 14.4 Å². The van der Waals surface area contributed by atoms with Crippen molar-refractivity contribution in [2.75, 3.05) is 30.3 Å². The minimum atomic E-state index is -0.883. The number of rotatable bonds is 6. The molecule has 4 aromatic rings. The van der Waals surface area contributed by atoms with Crippen molar-refractivity contribution in [3.8, 4) is 22.7 Å². The molecule has 1 aliphatic carbocycles. The van der Waals surface area contributed by atoms with Crippen molar-refractivity contribution in [2.24, 2.45) is 0 Å². The van der Waals surface area contributed by atoms with Gasteiger partial charge in [-0.05, 0) is 24.0 Å². The van der Waals surface area contributed by atoms with Crippen LogP contribution in [0.1, 0.15) is 30.7 Å². The molecule has 2 fully saturated rings. The summed E-state index contributed by atoms with van der Waals surface area (Å²) in [5.74, 6) is 0.913. The van der Waals surface area contributed by atoms with Crippen molar-refractivity contribution in [2.45, 2.75) is 30.7 Å². The molecule has 1 atom stereocenters. The molecule has 1 saturated carbocycles. The Morgan fingerprint density at radius 2 is 1.84 bits per heavy atom. The molecule has 0 bridgehead atoms. The summed E-state index contributed by atoms with van der Waals surface area (Å²) in [6.07, 6.45) is 9.54. The van der Waals surface area contributed by atoms with Crippen molar-refractivity contribution >= 4 is 17.7 Å². The van der Waals surface area contributed by atoms with E-state index in [-0.39, 0.29) is 11.4 Å². The molecular weight excluding hydrogens is 474 g/mol. The second-order valence-corrected chi connectivity index (χ2v) is 9.32. The lowest BCUT2D eigenvalue weighted by Gasteiger charge is -2.39. The molecule has 4 heterocycles. The molecule has 1 aliphatic heterocycles. The molecule has 0 spiro atoms. The molecule has 12 nitrogen and oxygen atoms in total. The number of nitrogens with one attached hydrogen (secondary N) is 1. The second-order valence-electron chi connectivity index (χ2n) is 9.32. The van der Waals surface area contributed by atoms with Crippen molar-refractivity contribution in [3.05, 3.63) is 60.4 Å². The lowest BCUT2D eigenvalue weighted by molar-refractivity contribution is -0.139. The number of carbonyl (C=O) groups is 1. The summed E-state index contributed by atoms with van der Waals surface area (Å²) in [5, 5.41) is 16.6. The highest BCUT2D eigenvalue weighted by Crippen LogP contribution is 2.48. The topological polar surface area (TPSA) is 169 Å². The average Bonchev–Trinajstić information content (AvgIpc) is 3.39. The third-order valence-corrected chi connectivity index (χ3v) is 7.16.